The van der Waals surface area contributed by atoms with Crippen molar-refractivity contribution < 1.29 is 29.3 Å². The molecule has 2 N–H and O–H groups in total. The molecule has 1 amide bonds. The molecule has 7 heteroatoms. The summed E-state index contributed by atoms with van der Waals surface area (Å²) >= 11 is 0. The molecule has 0 saturated carbocycles. The number of hydrogen-bond acceptors (Lipinski definition) is 6. The van der Waals surface area contributed by atoms with Gasteiger partial charge in [-0.25, -0.2) is 0 Å². The Morgan fingerprint density at radius 1 is 0.939 bits per heavy atom. The Morgan fingerprint density at radius 2 is 1.64 bits per heavy atom. The van der Waals surface area contributed by atoms with E-state index < -0.39 is 17.7 Å². The first-order chi connectivity index (χ1) is 15.9. The average molecular weight is 445 g/mol. The van der Waals surface area contributed by atoms with Crippen molar-refractivity contribution in [1.82, 2.24) is 0 Å². The van der Waals surface area contributed by atoms with Crippen LogP contribution in [-0.2, 0) is 9.59 Å². The van der Waals surface area contributed by atoms with Gasteiger partial charge in [0.2, 0.25) is 0 Å². The van der Waals surface area contributed by atoms with Gasteiger partial charge in [0.1, 0.15) is 23.0 Å². The quantitative estimate of drug-likeness (QED) is 0.345. The summed E-state index contributed by atoms with van der Waals surface area (Å²) in [5, 5.41) is 21.7. The number of para-hydroxylation sites is 2. The van der Waals surface area contributed by atoms with E-state index in [1.54, 1.807) is 67.8 Å². The third kappa shape index (κ3) is 3.78. The molecule has 3 aromatic carbocycles. The fourth-order valence-corrected chi connectivity index (χ4v) is 4.03. The van der Waals surface area contributed by atoms with Crippen molar-refractivity contribution in [3.8, 4) is 17.2 Å². The lowest BCUT2D eigenvalue weighted by molar-refractivity contribution is -0.132. The third-order valence-corrected chi connectivity index (χ3v) is 5.69. The number of Topliss-reactive ketones (excluding diaryl/α,β-unsaturated/α-hetero) is 1. The molecule has 0 radical (unpaired) electrons. The monoisotopic (exact) mass is 445 g/mol. The highest BCUT2D eigenvalue weighted by atomic mass is 16.5. The first-order valence-electron chi connectivity index (χ1n) is 10.2. The lowest BCUT2D eigenvalue weighted by Crippen LogP contribution is -2.29. The second-order valence-corrected chi connectivity index (χ2v) is 7.62. The van der Waals surface area contributed by atoms with Gasteiger partial charge in [0.15, 0.2) is 0 Å². The van der Waals surface area contributed by atoms with Gasteiger partial charge < -0.3 is 19.7 Å². The Labute approximate surface area is 191 Å². The predicted molar refractivity (Wildman–Crippen MR) is 124 cm³/mol. The van der Waals surface area contributed by atoms with Crippen molar-refractivity contribution in [2.24, 2.45) is 0 Å². The topological polar surface area (TPSA) is 96.3 Å². The van der Waals surface area contributed by atoms with Crippen LogP contribution in [0.4, 0.5) is 5.69 Å². The Balaban J connectivity index is 1.94. The number of ketones is 1. The number of ether oxygens (including phenoxy) is 2. The van der Waals surface area contributed by atoms with E-state index in [0.29, 0.717) is 22.6 Å². The highest BCUT2D eigenvalue weighted by Gasteiger charge is 2.47. The number of anilines is 1. The van der Waals surface area contributed by atoms with E-state index in [2.05, 4.69) is 0 Å². The highest BCUT2D eigenvalue weighted by molar-refractivity contribution is 6.51. The Kier molecular flexibility index (Phi) is 5.79. The van der Waals surface area contributed by atoms with Gasteiger partial charge in [-0.1, -0.05) is 24.3 Å². The number of amides is 1. The minimum atomic E-state index is -0.952. The number of carbonyl (C=O) groups is 2. The van der Waals surface area contributed by atoms with E-state index in [-0.39, 0.29) is 22.8 Å². The van der Waals surface area contributed by atoms with E-state index in [1.165, 1.54) is 18.1 Å². The molecule has 0 spiro atoms. The minimum absolute atomic E-state index is 0.0713. The molecule has 7 nitrogen and oxygen atoms in total. The maximum atomic E-state index is 13.2. The van der Waals surface area contributed by atoms with Crippen LogP contribution in [-0.4, -0.2) is 36.1 Å². The van der Waals surface area contributed by atoms with Crippen LogP contribution in [0.1, 0.15) is 22.7 Å². The molecular formula is C26H23NO6. The molecule has 4 rings (SSSR count). The third-order valence-electron chi connectivity index (χ3n) is 5.69. The number of carbonyl (C=O) groups excluding carboxylic acids is 2. The molecule has 3 aromatic rings. The van der Waals surface area contributed by atoms with Gasteiger partial charge in [0.05, 0.1) is 31.5 Å². The zero-order valence-corrected chi connectivity index (χ0v) is 18.4. The van der Waals surface area contributed by atoms with Crippen LogP contribution in [0.2, 0.25) is 0 Å². The summed E-state index contributed by atoms with van der Waals surface area (Å²) in [4.78, 5) is 27.6. The average Bonchev–Trinajstić information content (AvgIpc) is 3.09. The first kappa shape index (κ1) is 22.0. The molecule has 0 aliphatic carbocycles. The van der Waals surface area contributed by atoms with Crippen LogP contribution in [0.25, 0.3) is 5.76 Å². The number of aryl methyl sites for hydroxylation is 1. The van der Waals surface area contributed by atoms with Gasteiger partial charge in [-0.2, -0.15) is 0 Å². The van der Waals surface area contributed by atoms with E-state index in [9.17, 15) is 19.8 Å². The maximum absolute atomic E-state index is 13.2. The SMILES string of the molecule is COc1ccc(C2/C(=C(/O)c3ccc(OC)c(C)c3)C(=O)C(=O)N2c2ccccc2O)cc1. The summed E-state index contributed by atoms with van der Waals surface area (Å²) in [6, 6.07) is 17.2. The zero-order valence-electron chi connectivity index (χ0n) is 18.4. The summed E-state index contributed by atoms with van der Waals surface area (Å²) in [7, 11) is 3.08. The van der Waals surface area contributed by atoms with E-state index in [4.69, 9.17) is 9.47 Å². The van der Waals surface area contributed by atoms with Crippen molar-refractivity contribution in [3.63, 3.8) is 0 Å². The molecule has 1 aliphatic heterocycles. The number of phenolic OH excluding ortho intramolecular Hbond substituents is 1. The highest BCUT2D eigenvalue weighted by Crippen LogP contribution is 2.45. The summed E-state index contributed by atoms with van der Waals surface area (Å²) in [5.41, 5.74) is 1.81. The van der Waals surface area contributed by atoms with Crippen LogP contribution >= 0.6 is 0 Å². The largest absolute Gasteiger partial charge is 0.507 e. The Hall–Kier alpha value is -4.26. The van der Waals surface area contributed by atoms with E-state index in [0.717, 1.165) is 5.56 Å². The van der Waals surface area contributed by atoms with Crippen LogP contribution in [0, 0.1) is 6.92 Å². The summed E-state index contributed by atoms with van der Waals surface area (Å²) in [6.45, 7) is 1.82. The van der Waals surface area contributed by atoms with Crippen LogP contribution < -0.4 is 14.4 Å². The molecule has 1 fully saturated rings. The number of aliphatic hydroxyl groups excluding tert-OH is 1. The number of aromatic hydroxyl groups is 1. The summed E-state index contributed by atoms with van der Waals surface area (Å²) in [5.74, 6) is -0.915. The normalized spacial score (nSPS) is 17.3. The van der Waals surface area contributed by atoms with E-state index in [1.807, 2.05) is 6.92 Å². The molecular weight excluding hydrogens is 422 g/mol. The van der Waals surface area contributed by atoms with Gasteiger partial charge in [-0.15, -0.1) is 0 Å². The van der Waals surface area contributed by atoms with Crippen molar-refractivity contribution in [3.05, 3.63) is 89.0 Å². The molecule has 0 aromatic heterocycles. The molecule has 1 unspecified atom stereocenters. The van der Waals surface area contributed by atoms with Crippen LogP contribution in [0.5, 0.6) is 17.2 Å². The molecule has 1 heterocycles. The summed E-state index contributed by atoms with van der Waals surface area (Å²) < 4.78 is 10.5. The number of benzene rings is 3. The second-order valence-electron chi connectivity index (χ2n) is 7.62. The van der Waals surface area contributed by atoms with Crippen LogP contribution in [0.3, 0.4) is 0 Å². The van der Waals surface area contributed by atoms with Crippen molar-refractivity contribution >= 4 is 23.1 Å². The Bertz CT molecular complexity index is 1260. The molecule has 0 bridgehead atoms. The van der Waals surface area contributed by atoms with Crippen molar-refractivity contribution in [2.75, 3.05) is 19.1 Å². The number of nitrogens with zero attached hydrogens (tertiary/aromatic N) is 1. The number of hydrogen-bond donors (Lipinski definition) is 2. The maximum Gasteiger partial charge on any atom is 0.300 e. The zero-order chi connectivity index (χ0) is 23.7. The lowest BCUT2D eigenvalue weighted by Gasteiger charge is -2.26. The molecule has 1 aliphatic rings. The number of rotatable bonds is 5. The fraction of sp³-hybridized carbons (Fsp3) is 0.154. The number of methoxy groups -OCH3 is 2. The fourth-order valence-electron chi connectivity index (χ4n) is 4.03. The molecule has 168 valence electrons. The van der Waals surface area contributed by atoms with Crippen LogP contribution in [0.15, 0.2) is 72.3 Å². The minimum Gasteiger partial charge on any atom is -0.507 e. The standard InChI is InChI=1S/C26H23NO6/c1-15-14-17(10-13-21(15)33-3)24(29)22-23(16-8-11-18(32-2)12-9-16)27(26(31)25(22)30)19-6-4-5-7-20(19)28/h4-14,23,28-29H,1-3H3/b24-22-. The van der Waals surface area contributed by atoms with Crippen molar-refractivity contribution in [1.29, 1.82) is 0 Å². The lowest BCUT2D eigenvalue weighted by atomic mass is 9.94. The molecule has 33 heavy (non-hydrogen) atoms. The van der Waals surface area contributed by atoms with E-state index >= 15 is 0 Å². The van der Waals surface area contributed by atoms with Gasteiger partial charge in [0, 0.05) is 5.56 Å². The molecule has 1 saturated heterocycles. The van der Waals surface area contributed by atoms with Gasteiger partial charge >= 0.3 is 0 Å². The molecule has 1 atom stereocenters. The van der Waals surface area contributed by atoms with Gasteiger partial charge in [0.25, 0.3) is 11.7 Å². The Morgan fingerprint density at radius 3 is 2.24 bits per heavy atom. The smallest absolute Gasteiger partial charge is 0.300 e. The summed E-state index contributed by atoms with van der Waals surface area (Å²) in [6.07, 6.45) is 0. The van der Waals surface area contributed by atoms with Gasteiger partial charge in [-0.05, 0) is 60.5 Å². The predicted octanol–water partition coefficient (Wildman–Crippen LogP) is 4.34. The van der Waals surface area contributed by atoms with Crippen molar-refractivity contribution in [2.45, 2.75) is 13.0 Å². The second kappa shape index (κ2) is 8.70. The van der Waals surface area contributed by atoms with Gasteiger partial charge in [-0.3, -0.25) is 14.5 Å². The number of aliphatic hydroxyl groups is 1. The number of phenols is 1. The first-order valence-corrected chi connectivity index (χ1v) is 10.2.